The maximum Gasteiger partial charge on any atom is 0.327 e. The van der Waals surface area contributed by atoms with Crippen molar-refractivity contribution in [3.8, 4) is 0 Å². The van der Waals surface area contributed by atoms with E-state index in [1.54, 1.807) is 0 Å². The first-order chi connectivity index (χ1) is 14.9. The summed E-state index contributed by atoms with van der Waals surface area (Å²) >= 11 is 3.84. The summed E-state index contributed by atoms with van der Waals surface area (Å²) in [6.45, 7) is -0.652. The summed E-state index contributed by atoms with van der Waals surface area (Å²) in [4.78, 5) is 63.0. The number of guanidine groups is 1. The van der Waals surface area contributed by atoms with Gasteiger partial charge in [-0.25, -0.2) is 4.79 Å². The SMILES string of the molecule is NC(N)=NCCCC(NC(=O)C(CC(=O)O)NC(=O)C(N)CO)C(=O)NC(CS)C(=O)O. The molecule has 32 heavy (non-hydrogen) atoms. The number of hydrogen-bond acceptors (Lipinski definition) is 9. The van der Waals surface area contributed by atoms with Crippen molar-refractivity contribution in [3.05, 3.63) is 0 Å². The van der Waals surface area contributed by atoms with Crippen molar-refractivity contribution in [1.82, 2.24) is 16.0 Å². The Hall–Kier alpha value is -3.11. The number of aliphatic hydroxyl groups is 1. The molecule has 15 nitrogen and oxygen atoms in total. The molecule has 0 aromatic heterocycles. The van der Waals surface area contributed by atoms with Crippen molar-refractivity contribution < 1.29 is 39.3 Å². The molecule has 0 aliphatic rings. The topological polar surface area (TPSA) is 273 Å². The highest BCUT2D eigenvalue weighted by Gasteiger charge is 2.30. The van der Waals surface area contributed by atoms with Crippen LogP contribution in [0.1, 0.15) is 19.3 Å². The highest BCUT2D eigenvalue weighted by Crippen LogP contribution is 2.03. The highest BCUT2D eigenvalue weighted by molar-refractivity contribution is 7.80. The van der Waals surface area contributed by atoms with E-state index < -0.39 is 66.9 Å². The number of aliphatic hydroxyl groups excluding tert-OH is 1. The maximum atomic E-state index is 12.6. The molecule has 0 aromatic carbocycles. The Bertz CT molecular complexity index is 717. The molecule has 0 aliphatic heterocycles. The molecule has 3 amide bonds. The smallest absolute Gasteiger partial charge is 0.327 e. The number of amides is 3. The molecule has 12 N–H and O–H groups in total. The second-order valence-electron chi connectivity index (χ2n) is 6.54. The van der Waals surface area contributed by atoms with Gasteiger partial charge in [0, 0.05) is 12.3 Å². The Morgan fingerprint density at radius 1 is 0.906 bits per heavy atom. The van der Waals surface area contributed by atoms with Crippen LogP contribution >= 0.6 is 12.6 Å². The van der Waals surface area contributed by atoms with Crippen LogP contribution in [0.4, 0.5) is 0 Å². The fraction of sp³-hybridized carbons (Fsp3) is 0.625. The normalized spacial score (nSPS) is 14.2. The minimum atomic E-state index is -1.62. The third-order valence-electron chi connectivity index (χ3n) is 3.92. The largest absolute Gasteiger partial charge is 0.481 e. The van der Waals surface area contributed by atoms with Crippen LogP contribution in [0.2, 0.25) is 0 Å². The summed E-state index contributed by atoms with van der Waals surface area (Å²) in [6.07, 6.45) is -0.691. The Kier molecular flexibility index (Phi) is 13.4. The molecule has 0 radical (unpaired) electrons. The number of carbonyl (C=O) groups is 5. The summed E-state index contributed by atoms with van der Waals surface area (Å²) in [6, 6.07) is -5.67. The monoisotopic (exact) mass is 479 g/mol. The molecule has 0 aromatic rings. The number of nitrogens with one attached hydrogen (secondary N) is 3. The average molecular weight is 480 g/mol. The predicted molar refractivity (Wildman–Crippen MR) is 115 cm³/mol. The fourth-order valence-electron chi connectivity index (χ4n) is 2.25. The van der Waals surface area contributed by atoms with Gasteiger partial charge in [-0.3, -0.25) is 24.2 Å². The third-order valence-corrected chi connectivity index (χ3v) is 4.29. The minimum Gasteiger partial charge on any atom is -0.481 e. The summed E-state index contributed by atoms with van der Waals surface area (Å²) in [7, 11) is 0. The van der Waals surface area contributed by atoms with Crippen molar-refractivity contribution in [2.45, 2.75) is 43.4 Å². The van der Waals surface area contributed by atoms with Gasteiger partial charge in [0.05, 0.1) is 13.0 Å². The van der Waals surface area contributed by atoms with E-state index in [2.05, 4.69) is 33.6 Å². The van der Waals surface area contributed by atoms with Gasteiger partial charge < -0.3 is 48.5 Å². The fourth-order valence-corrected chi connectivity index (χ4v) is 2.50. The highest BCUT2D eigenvalue weighted by atomic mass is 32.1. The Morgan fingerprint density at radius 2 is 1.44 bits per heavy atom. The zero-order valence-corrected chi connectivity index (χ0v) is 18.0. The second kappa shape index (κ2) is 14.8. The van der Waals surface area contributed by atoms with E-state index in [-0.39, 0.29) is 31.1 Å². The van der Waals surface area contributed by atoms with Crippen LogP contribution < -0.4 is 33.2 Å². The zero-order chi connectivity index (χ0) is 24.8. The van der Waals surface area contributed by atoms with E-state index in [1.807, 2.05) is 0 Å². The number of carboxylic acid groups (broad SMARTS) is 2. The first-order valence-electron chi connectivity index (χ1n) is 9.31. The number of aliphatic carboxylic acids is 2. The van der Waals surface area contributed by atoms with Gasteiger partial charge in [0.2, 0.25) is 17.7 Å². The average Bonchev–Trinajstić information content (AvgIpc) is 2.71. The van der Waals surface area contributed by atoms with Crippen LogP contribution in [-0.4, -0.2) is 94.0 Å². The van der Waals surface area contributed by atoms with Crippen LogP contribution in [0.3, 0.4) is 0 Å². The molecule has 0 rings (SSSR count). The number of hydrogen-bond donors (Lipinski definition) is 10. The molecule has 4 atom stereocenters. The molecule has 0 saturated heterocycles. The number of thiol groups is 1. The Labute approximate surface area is 188 Å². The summed E-state index contributed by atoms with van der Waals surface area (Å²) in [5, 5.41) is 33.6. The van der Waals surface area contributed by atoms with Crippen molar-refractivity contribution in [3.63, 3.8) is 0 Å². The number of carbonyl (C=O) groups excluding carboxylic acids is 3. The molecular formula is C16H29N7O8S. The van der Waals surface area contributed by atoms with E-state index in [9.17, 15) is 24.0 Å². The Balaban J connectivity index is 5.49. The van der Waals surface area contributed by atoms with Crippen molar-refractivity contribution in [2.75, 3.05) is 18.9 Å². The van der Waals surface area contributed by atoms with Gasteiger partial charge in [-0.1, -0.05) is 0 Å². The van der Waals surface area contributed by atoms with Crippen LogP contribution in [0.5, 0.6) is 0 Å². The van der Waals surface area contributed by atoms with E-state index in [0.717, 1.165) is 0 Å². The van der Waals surface area contributed by atoms with Gasteiger partial charge in [-0.15, -0.1) is 0 Å². The first kappa shape index (κ1) is 28.9. The minimum absolute atomic E-state index is 0.0445. The van der Waals surface area contributed by atoms with Crippen molar-refractivity contribution in [1.29, 1.82) is 0 Å². The number of rotatable bonds is 15. The lowest BCUT2D eigenvalue weighted by molar-refractivity contribution is -0.143. The van der Waals surface area contributed by atoms with Gasteiger partial charge in [0.1, 0.15) is 24.2 Å². The molecule has 16 heteroatoms. The van der Waals surface area contributed by atoms with Gasteiger partial charge in [-0.05, 0) is 12.8 Å². The quantitative estimate of drug-likeness (QED) is 0.0461. The zero-order valence-electron chi connectivity index (χ0n) is 17.1. The number of nitrogens with zero attached hydrogens (tertiary/aromatic N) is 1. The predicted octanol–water partition coefficient (Wildman–Crippen LogP) is -4.70. The Morgan fingerprint density at radius 3 is 1.91 bits per heavy atom. The number of carboxylic acids is 2. The lowest BCUT2D eigenvalue weighted by Crippen LogP contribution is -2.58. The van der Waals surface area contributed by atoms with Gasteiger partial charge in [0.15, 0.2) is 5.96 Å². The molecule has 0 spiro atoms. The van der Waals surface area contributed by atoms with E-state index >= 15 is 0 Å². The van der Waals surface area contributed by atoms with E-state index in [1.165, 1.54) is 0 Å². The molecule has 0 aliphatic carbocycles. The molecule has 4 unspecified atom stereocenters. The summed E-state index contributed by atoms with van der Waals surface area (Å²) < 4.78 is 0. The molecule has 0 saturated carbocycles. The summed E-state index contributed by atoms with van der Waals surface area (Å²) in [5.41, 5.74) is 15.8. The maximum absolute atomic E-state index is 12.6. The summed E-state index contributed by atoms with van der Waals surface area (Å²) in [5.74, 6) is -6.11. The van der Waals surface area contributed by atoms with Crippen LogP contribution in [0, 0.1) is 0 Å². The van der Waals surface area contributed by atoms with Crippen LogP contribution in [0.25, 0.3) is 0 Å². The third kappa shape index (κ3) is 11.3. The molecular weight excluding hydrogens is 450 g/mol. The van der Waals surface area contributed by atoms with Crippen molar-refractivity contribution >= 4 is 48.2 Å². The van der Waals surface area contributed by atoms with Gasteiger partial charge in [0.25, 0.3) is 0 Å². The van der Waals surface area contributed by atoms with Gasteiger partial charge in [-0.2, -0.15) is 12.6 Å². The molecule has 0 bridgehead atoms. The van der Waals surface area contributed by atoms with Gasteiger partial charge >= 0.3 is 11.9 Å². The van der Waals surface area contributed by atoms with Crippen molar-refractivity contribution in [2.24, 2.45) is 22.2 Å². The van der Waals surface area contributed by atoms with E-state index in [0.29, 0.717) is 0 Å². The standard InChI is InChI=1S/C16H29N7O8S/c17-7(5-24)12(27)22-9(4-11(25)26)14(29)21-8(2-1-3-20-16(18)19)13(28)23-10(6-32)15(30)31/h7-10,24,32H,1-6,17H2,(H,21,29)(H,22,27)(H,23,28)(H,25,26)(H,30,31)(H4,18,19,20). The molecule has 0 fully saturated rings. The first-order valence-corrected chi connectivity index (χ1v) is 9.94. The van der Waals surface area contributed by atoms with Crippen LogP contribution in [-0.2, 0) is 24.0 Å². The second-order valence-corrected chi connectivity index (χ2v) is 6.91. The van der Waals surface area contributed by atoms with E-state index in [4.69, 9.17) is 32.5 Å². The van der Waals surface area contributed by atoms with Crippen LogP contribution in [0.15, 0.2) is 4.99 Å². The number of nitrogens with two attached hydrogens (primary N) is 3. The lowest BCUT2D eigenvalue weighted by atomic mass is 10.1. The number of aliphatic imine (C=N–C) groups is 1. The molecule has 0 heterocycles. The lowest BCUT2D eigenvalue weighted by Gasteiger charge is -2.24. The molecule has 182 valence electrons.